The van der Waals surface area contributed by atoms with E-state index in [-0.39, 0.29) is 42.0 Å². The number of benzene rings is 2. The number of aryl methyl sites for hydroxylation is 1. The third-order valence-electron chi connectivity index (χ3n) is 9.52. The molecule has 2 unspecified atom stereocenters. The van der Waals surface area contributed by atoms with Gasteiger partial charge in [0, 0.05) is 24.9 Å². The lowest BCUT2D eigenvalue weighted by atomic mass is 9.70. The number of fused-ring (bicyclic) bond motifs is 1. The number of likely N-dealkylation sites (tertiary alicyclic amines) is 1. The second-order valence-electron chi connectivity index (χ2n) is 12.9. The van der Waals surface area contributed by atoms with Gasteiger partial charge in [-0.2, -0.15) is 0 Å². The summed E-state index contributed by atoms with van der Waals surface area (Å²) in [5.41, 5.74) is 2.42. The van der Waals surface area contributed by atoms with Gasteiger partial charge in [0.2, 0.25) is 11.8 Å². The Morgan fingerprint density at radius 1 is 1.11 bits per heavy atom. The lowest BCUT2D eigenvalue weighted by Crippen LogP contribution is -2.58. The molecule has 6 atom stereocenters. The highest BCUT2D eigenvalue weighted by Gasteiger charge is 2.74. The number of rotatable bonds is 13. The summed E-state index contributed by atoms with van der Waals surface area (Å²) in [5.74, 6) is -1.63. The topological polar surface area (TPSA) is 81.2 Å². The molecule has 9 heteroatoms. The number of anilines is 1. The largest absolute Gasteiger partial charge is 0.394 e. The molecule has 3 heterocycles. The molecule has 240 valence electrons. The van der Waals surface area contributed by atoms with Crippen LogP contribution in [0.4, 0.5) is 5.69 Å². The summed E-state index contributed by atoms with van der Waals surface area (Å²) in [6.45, 7) is 14.5. The standard InChI is InChI=1S/C36H44ClN3O4S/c1-6-18-38(21-25-13-9-8-10-14-25)33(42)29-28-16-17-36(45-28)30(29)34(43)40(26(22-41)20-23(3)4)32(36)35(44)39(19-7-2)31-24(5)12-11-15-27(31)37/h6-15,23,26,28-30,32,41H,1-2,16-22H2,3-5H3/t26-,28-,29+,30+,32?,36?/m1/s1. The van der Waals surface area contributed by atoms with Crippen LogP contribution in [0.2, 0.25) is 5.02 Å². The number of amides is 3. The minimum absolute atomic E-state index is 0.0837. The SMILES string of the molecule is C=CCN(Cc1ccccc1)C(=O)[C@@H]1[C@H]2C(=O)N([C@@H](CO)CC(C)C)C(C(=O)N(CC=C)c3c(C)cccc3Cl)C23CC[C@H]1S3. The number of hydrogen-bond donors (Lipinski definition) is 1. The van der Waals surface area contributed by atoms with E-state index < -0.39 is 28.7 Å². The highest BCUT2D eigenvalue weighted by Crippen LogP contribution is 2.67. The maximum atomic E-state index is 15.0. The lowest BCUT2D eigenvalue weighted by Gasteiger charge is -2.40. The fourth-order valence-electron chi connectivity index (χ4n) is 7.80. The summed E-state index contributed by atoms with van der Waals surface area (Å²) in [4.78, 5) is 49.3. The van der Waals surface area contributed by atoms with E-state index in [1.165, 1.54) is 0 Å². The average molecular weight is 650 g/mol. The van der Waals surface area contributed by atoms with Crippen LogP contribution in [0, 0.1) is 24.7 Å². The molecule has 3 amide bonds. The van der Waals surface area contributed by atoms with E-state index in [0.717, 1.165) is 17.5 Å². The molecule has 2 aromatic carbocycles. The van der Waals surface area contributed by atoms with Crippen LogP contribution in [0.1, 0.15) is 44.2 Å². The highest BCUT2D eigenvalue weighted by molar-refractivity contribution is 8.02. The number of carbonyl (C=O) groups is 3. The maximum absolute atomic E-state index is 15.0. The Hall–Kier alpha value is -3.07. The molecule has 0 aliphatic carbocycles. The quantitative estimate of drug-likeness (QED) is 0.274. The van der Waals surface area contributed by atoms with Crippen LogP contribution in [-0.4, -0.2) is 74.4 Å². The van der Waals surface area contributed by atoms with E-state index in [0.29, 0.717) is 36.6 Å². The molecule has 5 rings (SSSR count). The fourth-order valence-corrected chi connectivity index (χ4v) is 10.3. The van der Waals surface area contributed by atoms with Gasteiger partial charge < -0.3 is 19.8 Å². The van der Waals surface area contributed by atoms with Crippen molar-refractivity contribution in [2.75, 3.05) is 24.6 Å². The highest BCUT2D eigenvalue weighted by atomic mass is 35.5. The van der Waals surface area contributed by atoms with Gasteiger partial charge in [0.15, 0.2) is 0 Å². The van der Waals surface area contributed by atoms with Gasteiger partial charge in [0.25, 0.3) is 5.91 Å². The van der Waals surface area contributed by atoms with E-state index in [9.17, 15) is 14.7 Å². The molecule has 2 bridgehead atoms. The first-order valence-corrected chi connectivity index (χ1v) is 17.1. The summed E-state index contributed by atoms with van der Waals surface area (Å²) >= 11 is 8.34. The smallest absolute Gasteiger partial charge is 0.251 e. The number of thioether (sulfide) groups is 1. The minimum atomic E-state index is -0.865. The van der Waals surface area contributed by atoms with Crippen molar-refractivity contribution >= 4 is 46.8 Å². The Labute approximate surface area is 276 Å². The Morgan fingerprint density at radius 3 is 2.44 bits per heavy atom. The van der Waals surface area contributed by atoms with Crippen molar-refractivity contribution in [3.8, 4) is 0 Å². The van der Waals surface area contributed by atoms with Crippen molar-refractivity contribution in [1.29, 1.82) is 0 Å². The van der Waals surface area contributed by atoms with Crippen molar-refractivity contribution in [2.24, 2.45) is 17.8 Å². The Bertz CT molecular complexity index is 1430. The van der Waals surface area contributed by atoms with E-state index in [4.69, 9.17) is 11.6 Å². The molecule has 3 aliphatic rings. The van der Waals surface area contributed by atoms with Crippen molar-refractivity contribution < 1.29 is 19.5 Å². The van der Waals surface area contributed by atoms with Crippen molar-refractivity contribution in [3.05, 3.63) is 90.0 Å². The Kier molecular flexibility index (Phi) is 10.2. The first kappa shape index (κ1) is 33.3. The summed E-state index contributed by atoms with van der Waals surface area (Å²) in [6.07, 6.45) is 5.28. The van der Waals surface area contributed by atoms with Gasteiger partial charge in [0.05, 0.1) is 39.9 Å². The second-order valence-corrected chi connectivity index (χ2v) is 14.9. The zero-order valence-corrected chi connectivity index (χ0v) is 28.0. The third-order valence-corrected chi connectivity index (χ3v) is 11.8. The van der Waals surface area contributed by atoms with Crippen molar-refractivity contribution in [3.63, 3.8) is 0 Å². The number of aliphatic hydroxyl groups excluding tert-OH is 1. The van der Waals surface area contributed by atoms with Gasteiger partial charge >= 0.3 is 0 Å². The molecule has 0 saturated carbocycles. The van der Waals surface area contributed by atoms with Gasteiger partial charge in [-0.15, -0.1) is 24.9 Å². The van der Waals surface area contributed by atoms with Gasteiger partial charge in [-0.05, 0) is 49.3 Å². The monoisotopic (exact) mass is 649 g/mol. The van der Waals surface area contributed by atoms with Crippen LogP contribution in [0.5, 0.6) is 0 Å². The lowest BCUT2D eigenvalue weighted by molar-refractivity contribution is -0.145. The predicted molar refractivity (Wildman–Crippen MR) is 182 cm³/mol. The van der Waals surface area contributed by atoms with Crippen molar-refractivity contribution in [2.45, 2.75) is 68.7 Å². The number of para-hydroxylation sites is 1. The number of halogens is 1. The third kappa shape index (κ3) is 5.97. The molecule has 7 nitrogen and oxygen atoms in total. The Morgan fingerprint density at radius 2 is 1.82 bits per heavy atom. The zero-order valence-electron chi connectivity index (χ0n) is 26.4. The molecule has 3 fully saturated rings. The van der Waals surface area contributed by atoms with Crippen LogP contribution in [0.25, 0.3) is 0 Å². The van der Waals surface area contributed by atoms with Crippen LogP contribution in [0.3, 0.4) is 0 Å². The summed E-state index contributed by atoms with van der Waals surface area (Å²) < 4.78 is -0.801. The van der Waals surface area contributed by atoms with E-state index in [1.807, 2.05) is 63.2 Å². The molecule has 1 spiro atoms. The minimum Gasteiger partial charge on any atom is -0.394 e. The van der Waals surface area contributed by atoms with E-state index in [2.05, 4.69) is 13.2 Å². The maximum Gasteiger partial charge on any atom is 0.251 e. The Balaban J connectivity index is 1.60. The van der Waals surface area contributed by atoms with Gasteiger partial charge in [0.1, 0.15) is 6.04 Å². The summed E-state index contributed by atoms with van der Waals surface area (Å²) in [7, 11) is 0. The summed E-state index contributed by atoms with van der Waals surface area (Å²) in [5, 5.41) is 11.0. The summed E-state index contributed by atoms with van der Waals surface area (Å²) in [6, 6.07) is 13.9. The molecule has 3 saturated heterocycles. The zero-order chi connectivity index (χ0) is 32.5. The first-order valence-electron chi connectivity index (χ1n) is 15.8. The number of aliphatic hydroxyl groups is 1. The molecular weight excluding hydrogens is 606 g/mol. The molecule has 1 N–H and O–H groups in total. The molecule has 45 heavy (non-hydrogen) atoms. The van der Waals surface area contributed by atoms with Gasteiger partial charge in [-0.25, -0.2) is 0 Å². The van der Waals surface area contributed by atoms with Crippen LogP contribution in [0.15, 0.2) is 73.8 Å². The average Bonchev–Trinajstić information content (AvgIpc) is 3.66. The molecule has 3 aliphatic heterocycles. The number of carbonyl (C=O) groups excluding carboxylic acids is 3. The van der Waals surface area contributed by atoms with Gasteiger partial charge in [-0.3, -0.25) is 14.4 Å². The number of hydrogen-bond acceptors (Lipinski definition) is 5. The number of nitrogens with zero attached hydrogens (tertiary/aromatic N) is 3. The molecular formula is C36H44ClN3O4S. The van der Waals surface area contributed by atoms with Crippen LogP contribution >= 0.6 is 23.4 Å². The van der Waals surface area contributed by atoms with E-state index in [1.54, 1.807) is 44.7 Å². The second kappa shape index (κ2) is 13.7. The van der Waals surface area contributed by atoms with Crippen LogP contribution in [-0.2, 0) is 20.9 Å². The normalized spacial score (nSPS) is 25.7. The van der Waals surface area contributed by atoms with Crippen LogP contribution < -0.4 is 4.90 Å². The molecule has 2 aromatic rings. The van der Waals surface area contributed by atoms with Gasteiger partial charge in [-0.1, -0.05) is 80.1 Å². The van der Waals surface area contributed by atoms with E-state index >= 15 is 4.79 Å². The van der Waals surface area contributed by atoms with Crippen molar-refractivity contribution in [1.82, 2.24) is 9.80 Å². The first-order chi connectivity index (χ1) is 21.6. The molecule has 0 radical (unpaired) electrons. The fraction of sp³-hybridized carbons (Fsp3) is 0.472. The predicted octanol–water partition coefficient (Wildman–Crippen LogP) is 5.88. The molecule has 0 aromatic heterocycles.